The first kappa shape index (κ1) is 14.5. The Kier molecular flexibility index (Phi) is 4.50. The average molecular weight is 289 g/mol. The molecule has 2 aromatic rings. The smallest absolute Gasteiger partial charge is 0.274 e. The fraction of sp³-hybridized carbons (Fsp3) is 0.231. The number of nitrogens with one attached hydrogen (secondary N) is 2. The summed E-state index contributed by atoms with van der Waals surface area (Å²) in [5.74, 6) is 1.41. The maximum absolute atomic E-state index is 11.3. The Hall–Kier alpha value is -2.90. The van der Waals surface area contributed by atoms with Crippen molar-refractivity contribution in [1.29, 1.82) is 0 Å². The minimum Gasteiger partial charge on any atom is -0.493 e. The second-order valence-electron chi connectivity index (χ2n) is 4.07. The molecule has 0 amide bonds. The first-order valence-electron chi connectivity index (χ1n) is 6.08. The molecule has 1 aromatic heterocycles. The van der Waals surface area contributed by atoms with Crippen molar-refractivity contribution < 1.29 is 9.47 Å². The number of rotatable bonds is 5. The van der Waals surface area contributed by atoms with E-state index in [4.69, 9.17) is 9.47 Å². The number of hydrazone groups is 1. The van der Waals surface area contributed by atoms with Gasteiger partial charge in [-0.15, -0.1) is 10.2 Å². The van der Waals surface area contributed by atoms with Gasteiger partial charge in [0, 0.05) is 0 Å². The zero-order valence-electron chi connectivity index (χ0n) is 11.9. The Morgan fingerprint density at radius 1 is 1.24 bits per heavy atom. The lowest BCUT2D eigenvalue weighted by Gasteiger charge is -2.07. The van der Waals surface area contributed by atoms with Crippen molar-refractivity contribution in [2.24, 2.45) is 5.10 Å². The molecule has 110 valence electrons. The van der Waals surface area contributed by atoms with E-state index in [-0.39, 0.29) is 11.5 Å². The van der Waals surface area contributed by atoms with Crippen molar-refractivity contribution in [2.45, 2.75) is 6.92 Å². The largest absolute Gasteiger partial charge is 0.493 e. The first-order chi connectivity index (χ1) is 10.1. The van der Waals surface area contributed by atoms with Crippen LogP contribution in [0.1, 0.15) is 11.3 Å². The summed E-state index contributed by atoms with van der Waals surface area (Å²) in [7, 11) is 3.13. The van der Waals surface area contributed by atoms with Gasteiger partial charge in [-0.25, -0.2) is 5.43 Å². The number of aryl methyl sites for hydroxylation is 1. The molecule has 0 aliphatic carbocycles. The van der Waals surface area contributed by atoms with Crippen LogP contribution in [0.25, 0.3) is 0 Å². The Bertz CT molecular complexity index is 711. The minimum absolute atomic E-state index is 0.169. The lowest BCUT2D eigenvalue weighted by atomic mass is 10.2. The average Bonchev–Trinajstić information content (AvgIpc) is 2.50. The molecular weight excluding hydrogens is 274 g/mol. The normalized spacial score (nSPS) is 10.6. The SMILES string of the molecule is COc1ccc(C=NNc2nnc(C)c(=O)[nH]2)cc1OC. The predicted molar refractivity (Wildman–Crippen MR) is 78.2 cm³/mol. The number of aromatic nitrogens is 3. The molecule has 21 heavy (non-hydrogen) atoms. The van der Waals surface area contributed by atoms with Crippen LogP contribution in [0, 0.1) is 6.92 Å². The van der Waals surface area contributed by atoms with E-state index in [0.29, 0.717) is 17.2 Å². The van der Waals surface area contributed by atoms with Crippen LogP contribution in [0.15, 0.2) is 28.1 Å². The van der Waals surface area contributed by atoms with Crippen molar-refractivity contribution in [1.82, 2.24) is 15.2 Å². The van der Waals surface area contributed by atoms with Crippen LogP contribution < -0.4 is 20.5 Å². The van der Waals surface area contributed by atoms with Crippen molar-refractivity contribution >= 4 is 12.2 Å². The molecule has 1 aromatic carbocycles. The molecule has 0 saturated heterocycles. The van der Waals surface area contributed by atoms with Crippen molar-refractivity contribution in [2.75, 3.05) is 19.6 Å². The van der Waals surface area contributed by atoms with Gasteiger partial charge in [-0.3, -0.25) is 9.78 Å². The number of hydrogen-bond acceptors (Lipinski definition) is 7. The Labute approximate surface area is 120 Å². The molecule has 0 aliphatic rings. The number of benzene rings is 1. The lowest BCUT2D eigenvalue weighted by molar-refractivity contribution is 0.355. The zero-order valence-corrected chi connectivity index (χ0v) is 11.9. The second kappa shape index (κ2) is 6.51. The molecule has 0 atom stereocenters. The van der Waals surface area contributed by atoms with Crippen molar-refractivity contribution in [3.8, 4) is 11.5 Å². The molecule has 0 unspecified atom stereocenters. The number of anilines is 1. The molecule has 0 radical (unpaired) electrons. The van der Waals surface area contributed by atoms with E-state index in [2.05, 4.69) is 25.7 Å². The van der Waals surface area contributed by atoms with Crippen LogP contribution in [0.2, 0.25) is 0 Å². The number of ether oxygens (including phenoxy) is 2. The number of aromatic amines is 1. The molecule has 8 nitrogen and oxygen atoms in total. The van der Waals surface area contributed by atoms with Gasteiger partial charge in [0.2, 0.25) is 5.95 Å². The number of methoxy groups -OCH3 is 2. The van der Waals surface area contributed by atoms with Crippen LogP contribution in [-0.2, 0) is 0 Å². The summed E-state index contributed by atoms with van der Waals surface area (Å²) in [6.07, 6.45) is 1.56. The molecule has 8 heteroatoms. The van der Waals surface area contributed by atoms with E-state index in [1.165, 1.54) is 0 Å². The van der Waals surface area contributed by atoms with E-state index < -0.39 is 0 Å². The van der Waals surface area contributed by atoms with Crippen LogP contribution in [0.5, 0.6) is 11.5 Å². The molecular formula is C13H15N5O3. The van der Waals surface area contributed by atoms with Gasteiger partial charge in [0.25, 0.3) is 5.56 Å². The van der Waals surface area contributed by atoms with E-state index in [1.807, 2.05) is 6.07 Å². The van der Waals surface area contributed by atoms with Crippen molar-refractivity contribution in [3.05, 3.63) is 39.8 Å². The Morgan fingerprint density at radius 2 is 2.00 bits per heavy atom. The summed E-state index contributed by atoms with van der Waals surface area (Å²) in [5.41, 5.74) is 3.37. The fourth-order valence-corrected chi connectivity index (χ4v) is 1.54. The summed E-state index contributed by atoms with van der Waals surface area (Å²) in [5, 5.41) is 11.4. The predicted octanol–water partition coefficient (Wildman–Crippen LogP) is 0.937. The molecule has 1 heterocycles. The highest BCUT2D eigenvalue weighted by Crippen LogP contribution is 2.26. The van der Waals surface area contributed by atoms with Crippen LogP contribution in [0.4, 0.5) is 5.95 Å². The standard InChI is InChI=1S/C13H15N5O3/c1-8-12(19)15-13(18-16-8)17-14-7-9-4-5-10(20-2)11(6-9)21-3/h4-7H,1-3H3,(H2,15,17,18,19). The Morgan fingerprint density at radius 3 is 2.67 bits per heavy atom. The molecule has 0 bridgehead atoms. The van der Waals surface area contributed by atoms with Crippen molar-refractivity contribution in [3.63, 3.8) is 0 Å². The summed E-state index contributed by atoms with van der Waals surface area (Å²) in [6.45, 7) is 1.57. The minimum atomic E-state index is -0.311. The van der Waals surface area contributed by atoms with E-state index in [1.54, 1.807) is 39.5 Å². The maximum Gasteiger partial charge on any atom is 0.274 e. The second-order valence-corrected chi connectivity index (χ2v) is 4.07. The third kappa shape index (κ3) is 3.56. The molecule has 0 aliphatic heterocycles. The highest BCUT2D eigenvalue weighted by atomic mass is 16.5. The number of nitrogens with zero attached hydrogens (tertiary/aromatic N) is 3. The summed E-state index contributed by atoms with van der Waals surface area (Å²) >= 11 is 0. The quantitative estimate of drug-likeness (QED) is 0.627. The number of hydrogen-bond donors (Lipinski definition) is 2. The van der Waals surface area contributed by atoms with E-state index >= 15 is 0 Å². The van der Waals surface area contributed by atoms with Gasteiger partial charge >= 0.3 is 0 Å². The van der Waals surface area contributed by atoms with Gasteiger partial charge in [0.15, 0.2) is 11.5 Å². The van der Waals surface area contributed by atoms with Gasteiger partial charge in [-0.05, 0) is 30.7 Å². The molecule has 0 saturated carbocycles. The van der Waals surface area contributed by atoms with Crippen LogP contribution in [0.3, 0.4) is 0 Å². The van der Waals surface area contributed by atoms with Gasteiger partial charge in [0.05, 0.1) is 20.4 Å². The van der Waals surface area contributed by atoms with Gasteiger partial charge in [-0.2, -0.15) is 5.10 Å². The fourth-order valence-electron chi connectivity index (χ4n) is 1.54. The lowest BCUT2D eigenvalue weighted by Crippen LogP contribution is -2.15. The Balaban J connectivity index is 2.10. The summed E-state index contributed by atoms with van der Waals surface area (Å²) in [6, 6.07) is 5.36. The van der Waals surface area contributed by atoms with Gasteiger partial charge in [0.1, 0.15) is 5.69 Å². The third-order valence-corrected chi connectivity index (χ3v) is 2.65. The monoisotopic (exact) mass is 289 g/mol. The molecule has 0 spiro atoms. The highest BCUT2D eigenvalue weighted by Gasteiger charge is 2.03. The van der Waals surface area contributed by atoms with Gasteiger partial charge < -0.3 is 9.47 Å². The van der Waals surface area contributed by atoms with E-state index in [9.17, 15) is 4.79 Å². The number of H-pyrrole nitrogens is 1. The van der Waals surface area contributed by atoms with Gasteiger partial charge in [-0.1, -0.05) is 0 Å². The highest BCUT2D eigenvalue weighted by molar-refractivity contribution is 5.81. The third-order valence-electron chi connectivity index (χ3n) is 2.65. The molecule has 2 rings (SSSR count). The van der Waals surface area contributed by atoms with Crippen LogP contribution >= 0.6 is 0 Å². The first-order valence-corrected chi connectivity index (χ1v) is 6.08. The van der Waals surface area contributed by atoms with Crippen LogP contribution in [-0.4, -0.2) is 35.6 Å². The van der Waals surface area contributed by atoms with E-state index in [0.717, 1.165) is 5.56 Å². The zero-order chi connectivity index (χ0) is 15.2. The molecule has 0 fully saturated rings. The topological polar surface area (TPSA) is 101 Å². The molecule has 2 N–H and O–H groups in total. The summed E-state index contributed by atoms with van der Waals surface area (Å²) < 4.78 is 10.3. The maximum atomic E-state index is 11.3. The summed E-state index contributed by atoms with van der Waals surface area (Å²) in [4.78, 5) is 13.9.